The Labute approximate surface area is 154 Å². The van der Waals surface area contributed by atoms with Crippen LogP contribution in [0.25, 0.3) is 0 Å². The highest BCUT2D eigenvalue weighted by Crippen LogP contribution is 2.22. The maximum atomic E-state index is 11.7. The van der Waals surface area contributed by atoms with Crippen molar-refractivity contribution in [2.45, 2.75) is 52.0 Å². The minimum atomic E-state index is -0.309. The van der Waals surface area contributed by atoms with E-state index in [4.69, 9.17) is 4.74 Å². The van der Waals surface area contributed by atoms with E-state index in [-0.39, 0.29) is 5.97 Å². The predicted octanol–water partition coefficient (Wildman–Crippen LogP) is 4.45. The molecule has 1 aromatic carbocycles. The predicted molar refractivity (Wildman–Crippen MR) is 103 cm³/mol. The maximum absolute atomic E-state index is 11.7. The Morgan fingerprint density at radius 3 is 2.58 bits per heavy atom. The number of ether oxygens (including phenoxy) is 1. The van der Waals surface area contributed by atoms with Crippen molar-refractivity contribution in [3.8, 4) is 0 Å². The Kier molecular flexibility index (Phi) is 6.04. The molecule has 2 aromatic rings. The molecule has 1 aliphatic rings. The smallest absolute Gasteiger partial charge is 0.338 e. The van der Waals surface area contributed by atoms with Crippen LogP contribution in [0.3, 0.4) is 0 Å². The van der Waals surface area contributed by atoms with Crippen molar-refractivity contribution < 1.29 is 9.53 Å². The van der Waals surface area contributed by atoms with E-state index in [1.165, 1.54) is 32.1 Å². The number of hydrogen-bond donors (Lipinski definition) is 2. The summed E-state index contributed by atoms with van der Waals surface area (Å²) in [7, 11) is 0. The normalized spacial score (nSPS) is 14.7. The average Bonchev–Trinajstić information content (AvgIpc) is 2.63. The molecule has 6 heteroatoms. The van der Waals surface area contributed by atoms with Crippen molar-refractivity contribution in [3.05, 3.63) is 41.6 Å². The molecule has 26 heavy (non-hydrogen) atoms. The monoisotopic (exact) mass is 354 g/mol. The minimum absolute atomic E-state index is 0.309. The van der Waals surface area contributed by atoms with Crippen LogP contribution in [0.4, 0.5) is 17.5 Å². The van der Waals surface area contributed by atoms with E-state index in [1.807, 2.05) is 25.1 Å². The Hall–Kier alpha value is -2.63. The molecular formula is C20H26N4O2. The first-order chi connectivity index (χ1) is 12.6. The Morgan fingerprint density at radius 2 is 1.88 bits per heavy atom. The summed E-state index contributed by atoms with van der Waals surface area (Å²) >= 11 is 0. The third-order valence-corrected chi connectivity index (χ3v) is 4.46. The third-order valence-electron chi connectivity index (χ3n) is 4.46. The molecule has 0 bridgehead atoms. The van der Waals surface area contributed by atoms with Gasteiger partial charge in [-0.25, -0.2) is 9.78 Å². The summed E-state index contributed by atoms with van der Waals surface area (Å²) in [6.07, 6.45) is 6.20. The summed E-state index contributed by atoms with van der Waals surface area (Å²) in [6, 6.07) is 9.55. The molecule has 1 heterocycles. The second kappa shape index (κ2) is 8.65. The number of nitrogens with zero attached hydrogens (tertiary/aromatic N) is 2. The van der Waals surface area contributed by atoms with Crippen LogP contribution in [0.15, 0.2) is 30.3 Å². The molecule has 1 saturated carbocycles. The van der Waals surface area contributed by atoms with Gasteiger partial charge in [-0.1, -0.05) is 19.3 Å². The largest absolute Gasteiger partial charge is 0.462 e. The summed E-state index contributed by atoms with van der Waals surface area (Å²) in [5.74, 6) is 1.10. The fraction of sp³-hybridized carbons (Fsp3) is 0.450. The topological polar surface area (TPSA) is 76.1 Å². The van der Waals surface area contributed by atoms with Crippen molar-refractivity contribution in [1.29, 1.82) is 0 Å². The van der Waals surface area contributed by atoms with Crippen LogP contribution < -0.4 is 10.6 Å². The molecule has 0 saturated heterocycles. The van der Waals surface area contributed by atoms with Crippen molar-refractivity contribution in [2.24, 2.45) is 0 Å². The van der Waals surface area contributed by atoms with Gasteiger partial charge < -0.3 is 15.4 Å². The Balaban J connectivity index is 1.68. The number of rotatable bonds is 6. The molecule has 0 spiro atoms. The minimum Gasteiger partial charge on any atom is -0.462 e. The Bertz CT molecular complexity index is 740. The van der Waals surface area contributed by atoms with Crippen LogP contribution in [0.1, 0.15) is 55.1 Å². The summed E-state index contributed by atoms with van der Waals surface area (Å²) in [5, 5.41) is 6.74. The van der Waals surface area contributed by atoms with Gasteiger partial charge in [0.05, 0.1) is 12.2 Å². The average molecular weight is 354 g/mol. The number of esters is 1. The number of benzene rings is 1. The van der Waals surface area contributed by atoms with Crippen molar-refractivity contribution in [3.63, 3.8) is 0 Å². The third kappa shape index (κ3) is 4.94. The van der Waals surface area contributed by atoms with Crippen LogP contribution in [0.5, 0.6) is 0 Å². The van der Waals surface area contributed by atoms with E-state index in [1.54, 1.807) is 19.1 Å². The zero-order valence-corrected chi connectivity index (χ0v) is 15.4. The van der Waals surface area contributed by atoms with E-state index in [0.29, 0.717) is 24.2 Å². The zero-order valence-electron chi connectivity index (χ0n) is 15.4. The summed E-state index contributed by atoms with van der Waals surface area (Å²) in [4.78, 5) is 20.8. The molecule has 6 nitrogen and oxygen atoms in total. The van der Waals surface area contributed by atoms with E-state index in [0.717, 1.165) is 17.2 Å². The van der Waals surface area contributed by atoms with Crippen molar-refractivity contribution in [1.82, 2.24) is 9.97 Å². The maximum Gasteiger partial charge on any atom is 0.338 e. The lowest BCUT2D eigenvalue weighted by atomic mass is 9.96. The van der Waals surface area contributed by atoms with Gasteiger partial charge in [-0.2, -0.15) is 4.98 Å². The number of carbonyl (C=O) groups is 1. The van der Waals surface area contributed by atoms with E-state index in [2.05, 4.69) is 20.6 Å². The van der Waals surface area contributed by atoms with E-state index in [9.17, 15) is 4.79 Å². The molecule has 1 aromatic heterocycles. The van der Waals surface area contributed by atoms with Gasteiger partial charge in [0.2, 0.25) is 5.95 Å². The van der Waals surface area contributed by atoms with Gasteiger partial charge in [-0.15, -0.1) is 0 Å². The first-order valence-corrected chi connectivity index (χ1v) is 9.30. The van der Waals surface area contributed by atoms with Crippen molar-refractivity contribution in [2.75, 3.05) is 17.2 Å². The van der Waals surface area contributed by atoms with Gasteiger partial charge in [0.25, 0.3) is 0 Å². The van der Waals surface area contributed by atoms with Gasteiger partial charge in [0.15, 0.2) is 0 Å². The number of aryl methyl sites for hydroxylation is 1. The van der Waals surface area contributed by atoms with Crippen LogP contribution in [0.2, 0.25) is 0 Å². The second-order valence-electron chi connectivity index (χ2n) is 6.62. The highest BCUT2D eigenvalue weighted by molar-refractivity contribution is 5.89. The van der Waals surface area contributed by atoms with Gasteiger partial charge in [-0.3, -0.25) is 0 Å². The number of nitrogens with one attached hydrogen (secondary N) is 2. The summed E-state index contributed by atoms with van der Waals surface area (Å²) in [6.45, 7) is 4.13. The number of anilines is 3. The molecule has 0 amide bonds. The van der Waals surface area contributed by atoms with Crippen LogP contribution in [-0.2, 0) is 4.74 Å². The standard InChI is InChI=1S/C20H26N4O2/c1-3-26-19(25)15-9-11-17(12-10-15)22-18-13-14(2)21-20(24-18)23-16-7-5-4-6-8-16/h9-13,16H,3-8H2,1-2H3,(H2,21,22,23,24). The summed E-state index contributed by atoms with van der Waals surface area (Å²) in [5.41, 5.74) is 2.31. The molecule has 138 valence electrons. The molecular weight excluding hydrogens is 328 g/mol. The first-order valence-electron chi connectivity index (χ1n) is 9.30. The molecule has 0 aliphatic heterocycles. The molecule has 1 fully saturated rings. The van der Waals surface area contributed by atoms with E-state index >= 15 is 0 Å². The van der Waals surface area contributed by atoms with Gasteiger partial charge in [-0.05, 0) is 51.0 Å². The fourth-order valence-electron chi connectivity index (χ4n) is 3.18. The fourth-order valence-corrected chi connectivity index (χ4v) is 3.18. The van der Waals surface area contributed by atoms with Gasteiger partial charge >= 0.3 is 5.97 Å². The van der Waals surface area contributed by atoms with Crippen LogP contribution >= 0.6 is 0 Å². The van der Waals surface area contributed by atoms with Gasteiger partial charge in [0.1, 0.15) is 5.82 Å². The molecule has 0 unspecified atom stereocenters. The highest BCUT2D eigenvalue weighted by atomic mass is 16.5. The molecule has 3 rings (SSSR count). The SMILES string of the molecule is CCOC(=O)c1ccc(Nc2cc(C)nc(NC3CCCCC3)n2)cc1. The molecule has 1 aliphatic carbocycles. The lowest BCUT2D eigenvalue weighted by Crippen LogP contribution is -2.23. The Morgan fingerprint density at radius 1 is 1.15 bits per heavy atom. The number of hydrogen-bond acceptors (Lipinski definition) is 6. The molecule has 2 N–H and O–H groups in total. The highest BCUT2D eigenvalue weighted by Gasteiger charge is 2.14. The lowest BCUT2D eigenvalue weighted by molar-refractivity contribution is 0.0526. The van der Waals surface area contributed by atoms with Crippen molar-refractivity contribution >= 4 is 23.4 Å². The first kappa shape index (κ1) is 18.2. The zero-order chi connectivity index (χ0) is 18.4. The summed E-state index contributed by atoms with van der Waals surface area (Å²) < 4.78 is 5.00. The lowest BCUT2D eigenvalue weighted by Gasteiger charge is -2.23. The number of aromatic nitrogens is 2. The quantitative estimate of drug-likeness (QED) is 0.747. The van der Waals surface area contributed by atoms with Gasteiger partial charge in [0, 0.05) is 23.5 Å². The number of carbonyl (C=O) groups excluding carboxylic acids is 1. The second-order valence-corrected chi connectivity index (χ2v) is 6.62. The molecule has 0 atom stereocenters. The van der Waals surface area contributed by atoms with Crippen LogP contribution in [-0.4, -0.2) is 28.6 Å². The van der Waals surface area contributed by atoms with Crippen LogP contribution in [0, 0.1) is 6.92 Å². The molecule has 0 radical (unpaired) electrons. The van der Waals surface area contributed by atoms with E-state index < -0.39 is 0 Å².